The molecule has 1 saturated heterocycles. The van der Waals surface area contributed by atoms with E-state index >= 15 is 0 Å². The quantitative estimate of drug-likeness (QED) is 0.554. The lowest BCUT2D eigenvalue weighted by Gasteiger charge is -2.24. The fraction of sp³-hybridized carbons (Fsp3) is 0.360. The second kappa shape index (κ2) is 8.94. The zero-order chi connectivity index (χ0) is 19.2. The smallest absolute Gasteiger partial charge is 0.0396 e. The van der Waals surface area contributed by atoms with Crippen molar-refractivity contribution in [3.8, 4) is 0 Å². The maximum Gasteiger partial charge on any atom is 0.0396 e. The molecule has 3 rings (SSSR count). The third-order valence-corrected chi connectivity index (χ3v) is 5.55. The van der Waals surface area contributed by atoms with Gasteiger partial charge < -0.3 is 9.80 Å². The van der Waals surface area contributed by atoms with Crippen LogP contribution in [0, 0.1) is 6.92 Å². The van der Waals surface area contributed by atoms with Gasteiger partial charge >= 0.3 is 0 Å². The highest BCUT2D eigenvalue weighted by atomic mass is 15.1. The second-order valence-electron chi connectivity index (χ2n) is 7.23. The number of benzene rings is 2. The largest absolute Gasteiger partial charge is 0.372 e. The Morgan fingerprint density at radius 1 is 1.00 bits per heavy atom. The molecule has 1 aliphatic rings. The van der Waals surface area contributed by atoms with Crippen molar-refractivity contribution < 1.29 is 0 Å². The van der Waals surface area contributed by atoms with Gasteiger partial charge in [0.05, 0.1) is 0 Å². The summed E-state index contributed by atoms with van der Waals surface area (Å²) >= 11 is 0. The Bertz CT molecular complexity index is 792. The van der Waals surface area contributed by atoms with E-state index in [9.17, 15) is 0 Å². The first-order valence-electron chi connectivity index (χ1n) is 10.2. The number of anilines is 2. The predicted molar refractivity (Wildman–Crippen MR) is 120 cm³/mol. The van der Waals surface area contributed by atoms with Gasteiger partial charge in [-0.25, -0.2) is 0 Å². The van der Waals surface area contributed by atoms with Gasteiger partial charge in [0.2, 0.25) is 0 Å². The molecule has 1 fully saturated rings. The lowest BCUT2D eigenvalue weighted by molar-refractivity contribution is 0.862. The summed E-state index contributed by atoms with van der Waals surface area (Å²) in [6.45, 7) is 15.0. The molecule has 1 heterocycles. The molecule has 2 aromatic carbocycles. The summed E-state index contributed by atoms with van der Waals surface area (Å²) in [5, 5.41) is 0. The molecule has 2 heteroatoms. The molecule has 0 N–H and O–H groups in total. The average molecular weight is 361 g/mol. The van der Waals surface area contributed by atoms with Crippen molar-refractivity contribution in [2.45, 2.75) is 33.6 Å². The van der Waals surface area contributed by atoms with Gasteiger partial charge in [-0.2, -0.15) is 0 Å². The summed E-state index contributed by atoms with van der Waals surface area (Å²) in [6.07, 6.45) is 6.62. The number of aryl methyl sites for hydroxylation is 1. The second-order valence-corrected chi connectivity index (χ2v) is 7.23. The molecule has 0 aromatic heterocycles. The summed E-state index contributed by atoms with van der Waals surface area (Å²) in [5.41, 5.74) is 7.70. The number of hydrogen-bond donors (Lipinski definition) is 0. The van der Waals surface area contributed by atoms with E-state index in [-0.39, 0.29) is 0 Å². The van der Waals surface area contributed by atoms with Gasteiger partial charge in [-0.05, 0) is 80.1 Å². The van der Waals surface area contributed by atoms with Crippen molar-refractivity contribution in [3.63, 3.8) is 0 Å². The minimum absolute atomic E-state index is 1.03. The average Bonchev–Trinajstić information content (AvgIpc) is 3.23. The van der Waals surface area contributed by atoms with Crippen LogP contribution in [-0.4, -0.2) is 26.2 Å². The molecule has 0 amide bonds. The van der Waals surface area contributed by atoms with E-state index in [0.717, 1.165) is 13.1 Å². The van der Waals surface area contributed by atoms with Gasteiger partial charge in [0.25, 0.3) is 0 Å². The number of nitrogens with zero attached hydrogens (tertiary/aromatic N) is 2. The first-order valence-corrected chi connectivity index (χ1v) is 10.2. The molecule has 142 valence electrons. The van der Waals surface area contributed by atoms with Crippen molar-refractivity contribution in [1.82, 2.24) is 0 Å². The molecular formula is C25H32N2. The van der Waals surface area contributed by atoms with E-state index in [1.54, 1.807) is 0 Å². The molecule has 27 heavy (non-hydrogen) atoms. The van der Waals surface area contributed by atoms with Crippen molar-refractivity contribution in [1.29, 1.82) is 0 Å². The van der Waals surface area contributed by atoms with Gasteiger partial charge in [-0.1, -0.05) is 36.9 Å². The van der Waals surface area contributed by atoms with E-state index in [2.05, 4.69) is 85.7 Å². The van der Waals surface area contributed by atoms with E-state index in [0.29, 0.717) is 0 Å². The molecule has 0 saturated carbocycles. The summed E-state index contributed by atoms with van der Waals surface area (Å²) in [7, 11) is 0. The lowest BCUT2D eigenvalue weighted by Crippen LogP contribution is -2.22. The molecule has 0 radical (unpaired) electrons. The van der Waals surface area contributed by atoms with Crippen LogP contribution < -0.4 is 9.80 Å². The maximum atomic E-state index is 3.93. The zero-order valence-electron chi connectivity index (χ0n) is 17.0. The Labute approximate surface area is 164 Å². The molecular weight excluding hydrogens is 328 g/mol. The van der Waals surface area contributed by atoms with Crippen LogP contribution in [0.25, 0.3) is 5.57 Å². The molecule has 0 aliphatic carbocycles. The van der Waals surface area contributed by atoms with Crippen LogP contribution in [0.4, 0.5) is 11.4 Å². The fourth-order valence-electron chi connectivity index (χ4n) is 4.05. The zero-order valence-corrected chi connectivity index (χ0v) is 17.0. The molecule has 1 aliphatic heterocycles. The third kappa shape index (κ3) is 4.27. The predicted octanol–water partition coefficient (Wildman–Crippen LogP) is 6.06. The Balaban J connectivity index is 1.90. The SMILES string of the molecule is C=C/C=C(/c1ccc(N2CCCC2)cc1)c1ccc(N(CC)CC)c(C)c1. The van der Waals surface area contributed by atoms with Crippen molar-refractivity contribution in [3.05, 3.63) is 77.9 Å². The molecule has 0 unspecified atom stereocenters. The van der Waals surface area contributed by atoms with Gasteiger partial charge in [-0.15, -0.1) is 0 Å². The number of rotatable bonds is 7. The summed E-state index contributed by atoms with van der Waals surface area (Å²) in [4.78, 5) is 4.88. The van der Waals surface area contributed by atoms with Gasteiger partial charge in [0.1, 0.15) is 0 Å². The van der Waals surface area contributed by atoms with Crippen LogP contribution in [0.2, 0.25) is 0 Å². The first kappa shape index (κ1) is 19.3. The summed E-state index contributed by atoms with van der Waals surface area (Å²) in [6, 6.07) is 15.8. The van der Waals surface area contributed by atoms with Gasteiger partial charge in [-0.3, -0.25) is 0 Å². The standard InChI is InChI=1S/C25H32N2/c1-5-10-24(21-11-14-23(15-12-21)27-17-8-9-18-27)22-13-16-25(20(4)19-22)26(6-2)7-3/h5,10-16,19H,1,6-9,17-18H2,2-4H3/b24-10-. The number of allylic oxidation sites excluding steroid dienone is 2. The molecule has 0 atom stereocenters. The van der Waals surface area contributed by atoms with E-state index in [1.807, 2.05) is 6.08 Å². The van der Waals surface area contributed by atoms with E-state index in [4.69, 9.17) is 0 Å². The minimum Gasteiger partial charge on any atom is -0.372 e. The molecule has 2 nitrogen and oxygen atoms in total. The maximum absolute atomic E-state index is 3.93. The Morgan fingerprint density at radius 2 is 1.63 bits per heavy atom. The van der Waals surface area contributed by atoms with Crippen LogP contribution >= 0.6 is 0 Å². The molecule has 0 spiro atoms. The summed E-state index contributed by atoms with van der Waals surface area (Å²) < 4.78 is 0. The number of hydrogen-bond acceptors (Lipinski definition) is 2. The fourth-order valence-corrected chi connectivity index (χ4v) is 4.05. The lowest BCUT2D eigenvalue weighted by atomic mass is 9.95. The van der Waals surface area contributed by atoms with Gasteiger partial charge in [0.15, 0.2) is 0 Å². The summed E-state index contributed by atoms with van der Waals surface area (Å²) in [5.74, 6) is 0. The first-order chi connectivity index (χ1) is 13.2. The highest BCUT2D eigenvalue weighted by molar-refractivity contribution is 5.82. The van der Waals surface area contributed by atoms with Crippen molar-refractivity contribution in [2.24, 2.45) is 0 Å². The highest BCUT2D eigenvalue weighted by Crippen LogP contribution is 2.30. The monoisotopic (exact) mass is 360 g/mol. The van der Waals surface area contributed by atoms with Crippen LogP contribution in [0.3, 0.4) is 0 Å². The van der Waals surface area contributed by atoms with Crippen LogP contribution in [0.5, 0.6) is 0 Å². The minimum atomic E-state index is 1.03. The van der Waals surface area contributed by atoms with Crippen molar-refractivity contribution >= 4 is 16.9 Å². The van der Waals surface area contributed by atoms with E-state index < -0.39 is 0 Å². The van der Waals surface area contributed by atoms with Crippen LogP contribution in [0.1, 0.15) is 43.4 Å². The van der Waals surface area contributed by atoms with E-state index in [1.165, 1.54) is 59.6 Å². The Morgan fingerprint density at radius 3 is 2.19 bits per heavy atom. The normalized spacial score (nSPS) is 14.5. The third-order valence-electron chi connectivity index (χ3n) is 5.55. The Kier molecular flexibility index (Phi) is 6.39. The Hall–Kier alpha value is -2.48. The van der Waals surface area contributed by atoms with Crippen LogP contribution in [-0.2, 0) is 0 Å². The molecule has 2 aromatic rings. The van der Waals surface area contributed by atoms with Crippen LogP contribution in [0.15, 0.2) is 61.2 Å². The topological polar surface area (TPSA) is 6.48 Å². The van der Waals surface area contributed by atoms with Gasteiger partial charge in [0, 0.05) is 37.6 Å². The van der Waals surface area contributed by atoms with Crippen molar-refractivity contribution in [2.75, 3.05) is 36.0 Å². The highest BCUT2D eigenvalue weighted by Gasteiger charge is 2.13. The molecule has 0 bridgehead atoms.